The van der Waals surface area contributed by atoms with Crippen molar-refractivity contribution in [1.29, 1.82) is 0 Å². The molecule has 1 atom stereocenters. The number of fused-ring (bicyclic) bond motifs is 3. The van der Waals surface area contributed by atoms with Crippen LogP contribution in [0.4, 0.5) is 11.5 Å². The van der Waals surface area contributed by atoms with Crippen LogP contribution in [0.5, 0.6) is 11.5 Å². The number of anilines is 2. The largest absolute Gasteiger partial charge is 0.457 e. The first-order valence-electron chi connectivity index (χ1n) is 14.5. The number of aldehydes is 1. The summed E-state index contributed by atoms with van der Waals surface area (Å²) in [5, 5.41) is 12.5. The Morgan fingerprint density at radius 2 is 1.61 bits per heavy atom. The van der Waals surface area contributed by atoms with E-state index in [9.17, 15) is 4.79 Å². The third-order valence-corrected chi connectivity index (χ3v) is 8.61. The molecule has 7 rings (SSSR count). The SMILES string of the molecule is CNc1cccc(CNc2cc(-c3ccccc3C)nc3c(PC)cnn23)c1.O=CC1c2ccccc2Oc2ccccc21. The number of aryl methyl sites for hydroxylation is 1. The van der Waals surface area contributed by atoms with Gasteiger partial charge in [0.1, 0.15) is 23.6 Å². The van der Waals surface area contributed by atoms with Crippen LogP contribution in [-0.4, -0.2) is 34.6 Å². The summed E-state index contributed by atoms with van der Waals surface area (Å²) in [6, 6.07) is 34.2. The summed E-state index contributed by atoms with van der Waals surface area (Å²) in [7, 11) is 2.58. The Morgan fingerprint density at radius 3 is 2.30 bits per heavy atom. The van der Waals surface area contributed by atoms with Crippen LogP contribution in [-0.2, 0) is 11.3 Å². The summed E-state index contributed by atoms with van der Waals surface area (Å²) in [6.45, 7) is 5.00. The molecule has 0 aliphatic carbocycles. The maximum absolute atomic E-state index is 11.2. The minimum absolute atomic E-state index is 0.207. The second kappa shape index (κ2) is 13.1. The van der Waals surface area contributed by atoms with E-state index in [1.165, 1.54) is 16.4 Å². The van der Waals surface area contributed by atoms with Gasteiger partial charge in [0, 0.05) is 47.3 Å². The highest BCUT2D eigenvalue weighted by Crippen LogP contribution is 2.42. The average molecular weight is 600 g/mol. The molecule has 7 nitrogen and oxygen atoms in total. The van der Waals surface area contributed by atoms with Crippen LogP contribution in [0.25, 0.3) is 16.9 Å². The zero-order valence-corrected chi connectivity index (χ0v) is 25.9. The first-order chi connectivity index (χ1) is 21.6. The summed E-state index contributed by atoms with van der Waals surface area (Å²) in [5.74, 6) is 2.29. The van der Waals surface area contributed by atoms with Crippen molar-refractivity contribution in [2.45, 2.75) is 19.4 Å². The molecule has 220 valence electrons. The molecular weight excluding hydrogens is 565 g/mol. The average Bonchev–Trinajstić information content (AvgIpc) is 3.50. The Morgan fingerprint density at radius 1 is 0.909 bits per heavy atom. The fraction of sp³-hybridized carbons (Fsp3) is 0.139. The van der Waals surface area contributed by atoms with Gasteiger partial charge in [0.15, 0.2) is 5.65 Å². The van der Waals surface area contributed by atoms with E-state index in [2.05, 4.69) is 83.9 Å². The number of nitrogens with zero attached hydrogens (tertiary/aromatic N) is 3. The first-order valence-corrected chi connectivity index (χ1v) is 16.0. The van der Waals surface area contributed by atoms with Crippen molar-refractivity contribution in [1.82, 2.24) is 14.6 Å². The number of aromatic nitrogens is 3. The van der Waals surface area contributed by atoms with E-state index in [-0.39, 0.29) is 5.92 Å². The molecule has 1 aliphatic heterocycles. The maximum Gasteiger partial charge on any atom is 0.165 e. The number of ether oxygens (including phenoxy) is 1. The second-order valence-corrected chi connectivity index (χ2v) is 11.5. The number of benzene rings is 4. The van der Waals surface area contributed by atoms with E-state index in [0.29, 0.717) is 15.1 Å². The molecule has 0 radical (unpaired) electrons. The second-order valence-electron chi connectivity index (χ2n) is 10.5. The number of para-hydroxylation sites is 2. The molecule has 0 spiro atoms. The number of carbonyl (C=O) groups excluding carboxylic acids is 1. The lowest BCUT2D eigenvalue weighted by atomic mass is 9.89. The van der Waals surface area contributed by atoms with Crippen LogP contribution in [0, 0.1) is 6.92 Å². The van der Waals surface area contributed by atoms with E-state index < -0.39 is 0 Å². The van der Waals surface area contributed by atoms with Gasteiger partial charge in [-0.2, -0.15) is 9.61 Å². The van der Waals surface area contributed by atoms with Gasteiger partial charge in [-0.05, 0) is 49.0 Å². The minimum Gasteiger partial charge on any atom is -0.457 e. The molecule has 0 bridgehead atoms. The molecule has 44 heavy (non-hydrogen) atoms. The molecule has 3 heterocycles. The summed E-state index contributed by atoms with van der Waals surface area (Å²) in [5.41, 5.74) is 8.45. The van der Waals surface area contributed by atoms with Crippen LogP contribution in [0.3, 0.4) is 0 Å². The number of carbonyl (C=O) groups is 1. The lowest BCUT2D eigenvalue weighted by molar-refractivity contribution is -0.108. The number of hydrogen-bond donors (Lipinski definition) is 2. The van der Waals surface area contributed by atoms with Crippen molar-refractivity contribution in [3.05, 3.63) is 132 Å². The minimum atomic E-state index is -0.207. The van der Waals surface area contributed by atoms with Crippen LogP contribution in [0.2, 0.25) is 0 Å². The standard InChI is InChI=1S/C22H24N5P.C14H10O2/c1-15-7-4-5-10-18(15)19-12-21(27-22(26-19)20(28-3)14-25-27)24-13-16-8-6-9-17(11-16)23-2;15-9-12-10-5-1-3-7-13(10)16-14-8-4-2-6-11(12)14/h4-12,14,23-24,28H,13H2,1-3H3;1-9,12H. The summed E-state index contributed by atoms with van der Waals surface area (Å²) in [6.07, 6.45) is 2.90. The highest BCUT2D eigenvalue weighted by atomic mass is 31.1. The van der Waals surface area contributed by atoms with Crippen molar-refractivity contribution in [2.75, 3.05) is 24.3 Å². The lowest BCUT2D eigenvalue weighted by Crippen LogP contribution is -2.10. The van der Waals surface area contributed by atoms with Gasteiger partial charge in [0.25, 0.3) is 0 Å². The van der Waals surface area contributed by atoms with Gasteiger partial charge in [-0.25, -0.2) is 4.98 Å². The lowest BCUT2D eigenvalue weighted by Gasteiger charge is -2.24. The molecule has 0 amide bonds. The molecule has 1 aliphatic rings. The molecule has 0 saturated heterocycles. The number of hydrogen-bond acceptors (Lipinski definition) is 6. The third-order valence-electron chi connectivity index (χ3n) is 7.72. The van der Waals surface area contributed by atoms with E-state index in [4.69, 9.17) is 9.72 Å². The Bertz CT molecular complexity index is 1890. The van der Waals surface area contributed by atoms with Gasteiger partial charge >= 0.3 is 0 Å². The normalized spacial score (nSPS) is 12.2. The van der Waals surface area contributed by atoms with Crippen LogP contribution >= 0.6 is 8.58 Å². The van der Waals surface area contributed by atoms with Gasteiger partial charge in [-0.15, -0.1) is 0 Å². The van der Waals surface area contributed by atoms with Gasteiger partial charge in [0.2, 0.25) is 0 Å². The van der Waals surface area contributed by atoms with E-state index in [0.717, 1.165) is 57.3 Å². The van der Waals surface area contributed by atoms with Gasteiger partial charge in [0.05, 0.1) is 17.8 Å². The zero-order chi connectivity index (χ0) is 30.5. The molecular formula is C36H34N5O2P. The Balaban J connectivity index is 0.000000181. The van der Waals surface area contributed by atoms with Gasteiger partial charge < -0.3 is 20.2 Å². The number of nitrogens with one attached hydrogen (secondary N) is 2. The molecule has 2 N–H and O–H groups in total. The smallest absolute Gasteiger partial charge is 0.165 e. The molecule has 0 saturated carbocycles. The van der Waals surface area contributed by atoms with E-state index in [1.807, 2.05) is 66.3 Å². The first kappa shape index (κ1) is 29.1. The number of rotatable bonds is 7. The van der Waals surface area contributed by atoms with Crippen molar-refractivity contribution >= 4 is 37.3 Å². The van der Waals surface area contributed by atoms with Gasteiger partial charge in [-0.1, -0.05) is 81.4 Å². The summed E-state index contributed by atoms with van der Waals surface area (Å²) < 4.78 is 7.66. The third kappa shape index (κ3) is 5.92. The zero-order valence-electron chi connectivity index (χ0n) is 24.9. The Labute approximate surface area is 259 Å². The topological polar surface area (TPSA) is 80.5 Å². The fourth-order valence-corrected chi connectivity index (χ4v) is 5.96. The Kier molecular flexibility index (Phi) is 8.67. The summed E-state index contributed by atoms with van der Waals surface area (Å²) >= 11 is 0. The van der Waals surface area contributed by atoms with Crippen molar-refractivity contribution in [3.63, 3.8) is 0 Å². The molecule has 0 fully saturated rings. The van der Waals surface area contributed by atoms with Crippen LogP contribution in [0.1, 0.15) is 28.2 Å². The highest BCUT2D eigenvalue weighted by molar-refractivity contribution is 7.46. The predicted octanol–water partition coefficient (Wildman–Crippen LogP) is 7.42. The quantitative estimate of drug-likeness (QED) is 0.147. The predicted molar refractivity (Wildman–Crippen MR) is 181 cm³/mol. The highest BCUT2D eigenvalue weighted by Gasteiger charge is 2.25. The molecule has 8 heteroatoms. The summed E-state index contributed by atoms with van der Waals surface area (Å²) in [4.78, 5) is 16.2. The van der Waals surface area contributed by atoms with E-state index in [1.54, 1.807) is 0 Å². The monoisotopic (exact) mass is 599 g/mol. The van der Waals surface area contributed by atoms with E-state index >= 15 is 0 Å². The van der Waals surface area contributed by atoms with Crippen LogP contribution in [0.15, 0.2) is 109 Å². The molecule has 2 aromatic heterocycles. The Hall–Kier alpha value is -5.00. The maximum atomic E-state index is 11.2. The molecule has 1 unspecified atom stereocenters. The van der Waals surface area contributed by atoms with Gasteiger partial charge in [-0.3, -0.25) is 0 Å². The molecule has 6 aromatic rings. The van der Waals surface area contributed by atoms with Crippen molar-refractivity contribution in [3.8, 4) is 22.8 Å². The molecule has 4 aromatic carbocycles. The fourth-order valence-electron chi connectivity index (χ4n) is 5.39. The van der Waals surface area contributed by atoms with Crippen LogP contribution < -0.4 is 20.7 Å². The van der Waals surface area contributed by atoms with Crippen molar-refractivity contribution < 1.29 is 9.53 Å². The van der Waals surface area contributed by atoms with Crippen molar-refractivity contribution in [2.24, 2.45) is 0 Å².